The van der Waals surface area contributed by atoms with Gasteiger partial charge in [0.25, 0.3) is 0 Å². The summed E-state index contributed by atoms with van der Waals surface area (Å²) in [5.74, 6) is 1.52. The Hall–Kier alpha value is -1.73. The van der Waals surface area contributed by atoms with E-state index in [1.807, 2.05) is 4.90 Å². The Morgan fingerprint density at radius 2 is 1.81 bits per heavy atom. The first-order chi connectivity index (χ1) is 12.7. The highest BCUT2D eigenvalue weighted by atomic mass is 16.3. The summed E-state index contributed by atoms with van der Waals surface area (Å²) in [5, 5.41) is 12.3. The Kier molecular flexibility index (Phi) is 7.20. The number of piperazine rings is 1. The Balaban J connectivity index is 1.41. The summed E-state index contributed by atoms with van der Waals surface area (Å²) < 4.78 is 0. The number of nitrogens with one attached hydrogen (secondary N) is 1. The highest BCUT2D eigenvalue weighted by Crippen LogP contribution is 2.23. The first-order valence-corrected chi connectivity index (χ1v) is 9.90. The lowest BCUT2D eigenvalue weighted by atomic mass is 9.89. The highest BCUT2D eigenvalue weighted by molar-refractivity contribution is 5.78. The average Bonchev–Trinajstić information content (AvgIpc) is 2.69. The van der Waals surface area contributed by atoms with E-state index in [1.165, 1.54) is 32.1 Å². The predicted molar refractivity (Wildman–Crippen MR) is 101 cm³/mol. The Bertz CT molecular complexity index is 552. The van der Waals surface area contributed by atoms with E-state index in [2.05, 4.69) is 20.2 Å². The van der Waals surface area contributed by atoms with Crippen molar-refractivity contribution in [1.29, 1.82) is 0 Å². The lowest BCUT2D eigenvalue weighted by Gasteiger charge is -2.34. The second-order valence-electron chi connectivity index (χ2n) is 7.42. The number of β-amino-alcohol motifs (C(OH)–C–C–N with tert-alkyl or cyclic N) is 1. The molecule has 26 heavy (non-hydrogen) atoms. The van der Waals surface area contributed by atoms with Gasteiger partial charge < -0.3 is 15.3 Å². The summed E-state index contributed by atoms with van der Waals surface area (Å²) in [6.07, 6.45) is 10.5. The van der Waals surface area contributed by atoms with Crippen molar-refractivity contribution < 1.29 is 9.90 Å². The van der Waals surface area contributed by atoms with Crippen LogP contribution in [0.15, 0.2) is 12.4 Å². The van der Waals surface area contributed by atoms with Crippen molar-refractivity contribution in [1.82, 2.24) is 19.8 Å². The average molecular weight is 361 g/mol. The standard InChI is InChI=1S/C19H31N5O2/c25-11-10-23-6-8-24(9-7-23)18(26)12-17-14-21-19(22-15-17)20-13-16-4-2-1-3-5-16/h14-16,25H,1-13H2,(H,20,21,22). The van der Waals surface area contributed by atoms with Crippen LogP contribution >= 0.6 is 0 Å². The molecule has 0 spiro atoms. The molecule has 0 radical (unpaired) electrons. The number of aliphatic hydroxyl groups is 1. The molecule has 7 nitrogen and oxygen atoms in total. The molecule has 1 aromatic heterocycles. The maximum absolute atomic E-state index is 12.4. The van der Waals surface area contributed by atoms with Gasteiger partial charge in [0, 0.05) is 51.7 Å². The first-order valence-electron chi connectivity index (χ1n) is 9.90. The fourth-order valence-electron chi connectivity index (χ4n) is 3.81. The molecule has 144 valence electrons. The van der Waals surface area contributed by atoms with E-state index in [0.29, 0.717) is 18.9 Å². The molecule has 2 heterocycles. The molecule has 0 atom stereocenters. The van der Waals surface area contributed by atoms with Crippen LogP contribution in [-0.2, 0) is 11.2 Å². The number of anilines is 1. The molecule has 0 aromatic carbocycles. The van der Waals surface area contributed by atoms with Crippen LogP contribution in [0.5, 0.6) is 0 Å². The third kappa shape index (κ3) is 5.64. The third-order valence-corrected chi connectivity index (χ3v) is 5.48. The quantitative estimate of drug-likeness (QED) is 0.758. The van der Waals surface area contributed by atoms with Crippen LogP contribution in [0.3, 0.4) is 0 Å². The second-order valence-corrected chi connectivity index (χ2v) is 7.42. The van der Waals surface area contributed by atoms with E-state index in [4.69, 9.17) is 5.11 Å². The largest absolute Gasteiger partial charge is 0.395 e. The van der Waals surface area contributed by atoms with Gasteiger partial charge in [-0.05, 0) is 24.3 Å². The van der Waals surface area contributed by atoms with E-state index in [0.717, 1.165) is 44.2 Å². The normalized spacial score (nSPS) is 19.5. The minimum atomic E-state index is 0.125. The van der Waals surface area contributed by atoms with E-state index in [1.54, 1.807) is 12.4 Å². The number of aliphatic hydroxyl groups excluding tert-OH is 1. The first kappa shape index (κ1) is 19.0. The Morgan fingerprint density at radius 1 is 1.12 bits per heavy atom. The zero-order chi connectivity index (χ0) is 18.2. The van der Waals surface area contributed by atoms with Crippen LogP contribution < -0.4 is 5.32 Å². The minimum absolute atomic E-state index is 0.125. The van der Waals surface area contributed by atoms with Crippen LogP contribution in [0.1, 0.15) is 37.7 Å². The topological polar surface area (TPSA) is 81.6 Å². The number of hydrogen-bond donors (Lipinski definition) is 2. The van der Waals surface area contributed by atoms with Gasteiger partial charge in [-0.1, -0.05) is 19.3 Å². The van der Waals surface area contributed by atoms with Crippen molar-refractivity contribution in [2.45, 2.75) is 38.5 Å². The van der Waals surface area contributed by atoms with Gasteiger partial charge in [0.2, 0.25) is 11.9 Å². The fraction of sp³-hybridized carbons (Fsp3) is 0.737. The summed E-state index contributed by atoms with van der Waals surface area (Å²) >= 11 is 0. The molecule has 1 saturated heterocycles. The van der Waals surface area contributed by atoms with Gasteiger partial charge in [-0.25, -0.2) is 9.97 Å². The lowest BCUT2D eigenvalue weighted by molar-refractivity contribution is -0.132. The smallest absolute Gasteiger partial charge is 0.227 e. The maximum Gasteiger partial charge on any atom is 0.227 e. The number of nitrogens with zero attached hydrogens (tertiary/aromatic N) is 4. The van der Waals surface area contributed by atoms with Gasteiger partial charge in [-0.15, -0.1) is 0 Å². The van der Waals surface area contributed by atoms with E-state index >= 15 is 0 Å². The van der Waals surface area contributed by atoms with Crippen LogP contribution in [0.2, 0.25) is 0 Å². The third-order valence-electron chi connectivity index (χ3n) is 5.48. The molecule has 0 unspecified atom stereocenters. The molecular formula is C19H31N5O2. The monoisotopic (exact) mass is 361 g/mol. The van der Waals surface area contributed by atoms with Crippen molar-refractivity contribution in [3.8, 4) is 0 Å². The number of amides is 1. The Morgan fingerprint density at radius 3 is 2.46 bits per heavy atom. The minimum Gasteiger partial charge on any atom is -0.395 e. The van der Waals surface area contributed by atoms with Crippen molar-refractivity contribution in [2.75, 3.05) is 51.2 Å². The molecule has 1 amide bonds. The van der Waals surface area contributed by atoms with Crippen molar-refractivity contribution in [3.63, 3.8) is 0 Å². The van der Waals surface area contributed by atoms with Crippen molar-refractivity contribution in [2.24, 2.45) is 5.92 Å². The van der Waals surface area contributed by atoms with Gasteiger partial charge in [-0.3, -0.25) is 9.69 Å². The maximum atomic E-state index is 12.4. The Labute approximate surface area is 155 Å². The molecule has 2 fully saturated rings. The van der Waals surface area contributed by atoms with E-state index in [-0.39, 0.29) is 12.5 Å². The van der Waals surface area contributed by atoms with Gasteiger partial charge in [-0.2, -0.15) is 0 Å². The zero-order valence-corrected chi connectivity index (χ0v) is 15.6. The van der Waals surface area contributed by atoms with Crippen LogP contribution in [-0.4, -0.2) is 76.7 Å². The lowest BCUT2D eigenvalue weighted by Crippen LogP contribution is -2.49. The van der Waals surface area contributed by atoms with Crippen molar-refractivity contribution >= 4 is 11.9 Å². The highest BCUT2D eigenvalue weighted by Gasteiger charge is 2.21. The molecule has 1 aromatic rings. The van der Waals surface area contributed by atoms with Gasteiger partial charge in [0.05, 0.1) is 13.0 Å². The molecule has 2 N–H and O–H groups in total. The molecule has 0 bridgehead atoms. The van der Waals surface area contributed by atoms with Crippen LogP contribution in [0.25, 0.3) is 0 Å². The molecule has 1 aliphatic carbocycles. The van der Waals surface area contributed by atoms with E-state index < -0.39 is 0 Å². The summed E-state index contributed by atoms with van der Waals surface area (Å²) in [6.45, 7) is 4.90. The van der Waals surface area contributed by atoms with Gasteiger partial charge in [0.15, 0.2) is 0 Å². The summed E-state index contributed by atoms with van der Waals surface area (Å²) in [4.78, 5) is 25.2. The molecule has 7 heteroatoms. The zero-order valence-electron chi connectivity index (χ0n) is 15.6. The van der Waals surface area contributed by atoms with E-state index in [9.17, 15) is 4.79 Å². The van der Waals surface area contributed by atoms with Gasteiger partial charge in [0.1, 0.15) is 0 Å². The number of aromatic nitrogens is 2. The van der Waals surface area contributed by atoms with Crippen molar-refractivity contribution in [3.05, 3.63) is 18.0 Å². The molecular weight excluding hydrogens is 330 g/mol. The van der Waals surface area contributed by atoms with Crippen LogP contribution in [0, 0.1) is 5.92 Å². The molecule has 3 rings (SSSR count). The van der Waals surface area contributed by atoms with Crippen LogP contribution in [0.4, 0.5) is 5.95 Å². The molecule has 2 aliphatic rings. The summed E-state index contributed by atoms with van der Waals surface area (Å²) in [6, 6.07) is 0. The number of carbonyl (C=O) groups excluding carboxylic acids is 1. The molecule has 1 saturated carbocycles. The fourth-order valence-corrected chi connectivity index (χ4v) is 3.81. The number of carbonyl (C=O) groups is 1. The second kappa shape index (κ2) is 9.83. The summed E-state index contributed by atoms with van der Waals surface area (Å²) in [7, 11) is 0. The predicted octanol–water partition coefficient (Wildman–Crippen LogP) is 1.15. The SMILES string of the molecule is O=C(Cc1cnc(NCC2CCCCC2)nc1)N1CCN(CCO)CC1. The molecule has 1 aliphatic heterocycles. The number of rotatable bonds is 7. The van der Waals surface area contributed by atoms with Gasteiger partial charge >= 0.3 is 0 Å². The summed E-state index contributed by atoms with van der Waals surface area (Å²) in [5.41, 5.74) is 0.857. The number of hydrogen-bond acceptors (Lipinski definition) is 6.